The Balaban J connectivity index is 2.46. The molecule has 2 nitrogen and oxygen atoms in total. The first kappa shape index (κ1) is 8.75. The summed E-state index contributed by atoms with van der Waals surface area (Å²) in [5, 5.41) is 9.64. The summed E-state index contributed by atoms with van der Waals surface area (Å²) in [4.78, 5) is 0. The third kappa shape index (κ3) is 1.74. The molecule has 0 unspecified atom stereocenters. The molecule has 0 saturated carbocycles. The molecule has 2 aromatic rings. The van der Waals surface area contributed by atoms with E-state index >= 15 is 0 Å². The molecule has 0 atom stereocenters. The quantitative estimate of drug-likeness (QED) is 0.546. The molecule has 0 aliphatic rings. The fourth-order valence-corrected chi connectivity index (χ4v) is 1.57. The highest BCUT2D eigenvalue weighted by atomic mass is 14.7. The predicted molar refractivity (Wildman–Crippen MR) is 59.6 cm³/mol. The molecule has 2 heteroatoms. The molecule has 0 aliphatic carbocycles. The highest BCUT2D eigenvalue weighted by Crippen LogP contribution is 2.15. The topological polar surface area (TPSA) is 49.9 Å². The van der Waals surface area contributed by atoms with Crippen LogP contribution in [-0.4, -0.2) is 5.84 Å². The van der Waals surface area contributed by atoms with E-state index in [9.17, 15) is 0 Å². The second-order valence-electron chi connectivity index (χ2n) is 3.38. The van der Waals surface area contributed by atoms with Crippen LogP contribution in [0.3, 0.4) is 0 Å². The van der Waals surface area contributed by atoms with Crippen LogP contribution in [0.1, 0.15) is 5.56 Å². The van der Waals surface area contributed by atoms with E-state index in [0.717, 1.165) is 5.56 Å². The lowest BCUT2D eigenvalue weighted by atomic mass is 10.1. The SMILES string of the molecule is N=C(N)Cc1ccc2ccccc2c1. The number of fused-ring (bicyclic) bond motifs is 1. The van der Waals surface area contributed by atoms with E-state index in [2.05, 4.69) is 24.3 Å². The lowest BCUT2D eigenvalue weighted by Gasteiger charge is -2.02. The van der Waals surface area contributed by atoms with Gasteiger partial charge < -0.3 is 5.73 Å². The van der Waals surface area contributed by atoms with Crippen molar-refractivity contribution in [1.29, 1.82) is 5.41 Å². The Morgan fingerprint density at radius 1 is 1.07 bits per heavy atom. The second-order valence-corrected chi connectivity index (χ2v) is 3.38. The van der Waals surface area contributed by atoms with E-state index in [1.807, 2.05) is 18.2 Å². The van der Waals surface area contributed by atoms with Gasteiger partial charge in [-0.1, -0.05) is 42.5 Å². The molecule has 0 saturated heterocycles. The number of rotatable bonds is 2. The standard InChI is InChI=1S/C12H12N2/c13-12(14)8-9-5-6-10-3-1-2-4-11(10)7-9/h1-7H,8H2,(H3,13,14). The van der Waals surface area contributed by atoms with Crippen LogP contribution in [0, 0.1) is 5.41 Å². The first-order valence-corrected chi connectivity index (χ1v) is 4.56. The average Bonchev–Trinajstić information content (AvgIpc) is 2.17. The molecular formula is C12H12N2. The summed E-state index contributed by atoms with van der Waals surface area (Å²) in [7, 11) is 0. The van der Waals surface area contributed by atoms with Gasteiger partial charge in [0, 0.05) is 6.42 Å². The van der Waals surface area contributed by atoms with E-state index in [1.165, 1.54) is 10.8 Å². The van der Waals surface area contributed by atoms with Gasteiger partial charge in [-0.2, -0.15) is 0 Å². The van der Waals surface area contributed by atoms with Crippen LogP contribution in [0.4, 0.5) is 0 Å². The van der Waals surface area contributed by atoms with Crippen molar-refractivity contribution >= 4 is 16.6 Å². The van der Waals surface area contributed by atoms with Gasteiger partial charge >= 0.3 is 0 Å². The normalized spacial score (nSPS) is 10.3. The molecular weight excluding hydrogens is 172 g/mol. The van der Waals surface area contributed by atoms with Crippen molar-refractivity contribution in [2.24, 2.45) is 5.73 Å². The zero-order chi connectivity index (χ0) is 9.97. The van der Waals surface area contributed by atoms with Crippen LogP contribution < -0.4 is 5.73 Å². The van der Waals surface area contributed by atoms with E-state index in [0.29, 0.717) is 6.42 Å². The van der Waals surface area contributed by atoms with Crippen LogP contribution in [-0.2, 0) is 6.42 Å². The van der Waals surface area contributed by atoms with E-state index in [-0.39, 0.29) is 5.84 Å². The zero-order valence-electron chi connectivity index (χ0n) is 7.83. The fourth-order valence-electron chi connectivity index (χ4n) is 1.57. The average molecular weight is 184 g/mol. The third-order valence-electron chi connectivity index (χ3n) is 2.21. The number of hydrogen-bond donors (Lipinski definition) is 2. The summed E-state index contributed by atoms with van der Waals surface area (Å²) >= 11 is 0. The summed E-state index contributed by atoms with van der Waals surface area (Å²) in [6.45, 7) is 0. The van der Waals surface area contributed by atoms with Crippen molar-refractivity contribution in [2.75, 3.05) is 0 Å². The van der Waals surface area contributed by atoms with Crippen LogP contribution in [0.15, 0.2) is 42.5 Å². The molecule has 0 radical (unpaired) electrons. The minimum Gasteiger partial charge on any atom is -0.387 e. The highest BCUT2D eigenvalue weighted by Gasteiger charge is 1.97. The van der Waals surface area contributed by atoms with Crippen LogP contribution in [0.25, 0.3) is 10.8 Å². The van der Waals surface area contributed by atoms with Gasteiger partial charge in [0.2, 0.25) is 0 Å². The monoisotopic (exact) mass is 184 g/mol. The van der Waals surface area contributed by atoms with Crippen molar-refractivity contribution in [3.8, 4) is 0 Å². The lowest BCUT2D eigenvalue weighted by Crippen LogP contribution is -2.12. The van der Waals surface area contributed by atoms with Crippen LogP contribution >= 0.6 is 0 Å². The van der Waals surface area contributed by atoms with Gasteiger partial charge in [-0.15, -0.1) is 0 Å². The maximum atomic E-state index is 7.22. The fraction of sp³-hybridized carbons (Fsp3) is 0.0833. The van der Waals surface area contributed by atoms with Gasteiger partial charge in [0.15, 0.2) is 0 Å². The molecule has 2 rings (SSSR count). The van der Waals surface area contributed by atoms with Gasteiger partial charge in [0.1, 0.15) is 0 Å². The summed E-state index contributed by atoms with van der Waals surface area (Å²) < 4.78 is 0. The number of amidine groups is 1. The maximum Gasteiger partial charge on any atom is 0.0950 e. The van der Waals surface area contributed by atoms with Gasteiger partial charge in [0.05, 0.1) is 5.84 Å². The van der Waals surface area contributed by atoms with E-state index < -0.39 is 0 Å². The maximum absolute atomic E-state index is 7.22. The number of hydrogen-bond acceptors (Lipinski definition) is 1. The van der Waals surface area contributed by atoms with Crippen molar-refractivity contribution in [1.82, 2.24) is 0 Å². The lowest BCUT2D eigenvalue weighted by molar-refractivity contribution is 1.25. The Morgan fingerprint density at radius 3 is 2.50 bits per heavy atom. The Bertz CT molecular complexity index is 474. The van der Waals surface area contributed by atoms with Crippen molar-refractivity contribution in [2.45, 2.75) is 6.42 Å². The number of benzene rings is 2. The Labute approximate surface area is 82.9 Å². The molecule has 0 amide bonds. The zero-order valence-corrected chi connectivity index (χ0v) is 7.83. The molecule has 3 N–H and O–H groups in total. The molecule has 0 fully saturated rings. The summed E-state index contributed by atoms with van der Waals surface area (Å²) in [6.07, 6.45) is 0.533. The smallest absolute Gasteiger partial charge is 0.0950 e. The van der Waals surface area contributed by atoms with Gasteiger partial charge in [-0.05, 0) is 16.3 Å². The molecule has 0 spiro atoms. The first-order chi connectivity index (χ1) is 6.75. The van der Waals surface area contributed by atoms with Crippen molar-refractivity contribution in [3.63, 3.8) is 0 Å². The molecule has 0 bridgehead atoms. The van der Waals surface area contributed by atoms with Gasteiger partial charge in [0.25, 0.3) is 0 Å². The third-order valence-corrected chi connectivity index (χ3v) is 2.21. The Kier molecular flexibility index (Phi) is 2.19. The van der Waals surface area contributed by atoms with Crippen molar-refractivity contribution in [3.05, 3.63) is 48.0 Å². The van der Waals surface area contributed by atoms with Crippen LogP contribution in [0.5, 0.6) is 0 Å². The first-order valence-electron chi connectivity index (χ1n) is 4.56. The van der Waals surface area contributed by atoms with Gasteiger partial charge in [-0.25, -0.2) is 0 Å². The number of nitrogens with two attached hydrogens (primary N) is 1. The van der Waals surface area contributed by atoms with Gasteiger partial charge in [-0.3, -0.25) is 5.41 Å². The largest absolute Gasteiger partial charge is 0.387 e. The Hall–Kier alpha value is -1.83. The number of nitrogens with one attached hydrogen (secondary N) is 1. The molecule has 14 heavy (non-hydrogen) atoms. The predicted octanol–water partition coefficient (Wildman–Crippen LogP) is 2.32. The second kappa shape index (κ2) is 3.50. The molecule has 70 valence electrons. The van der Waals surface area contributed by atoms with E-state index in [1.54, 1.807) is 0 Å². The van der Waals surface area contributed by atoms with Crippen LogP contribution in [0.2, 0.25) is 0 Å². The van der Waals surface area contributed by atoms with E-state index in [4.69, 9.17) is 11.1 Å². The molecule has 0 aromatic heterocycles. The summed E-state index contributed by atoms with van der Waals surface area (Å²) in [5.41, 5.74) is 6.45. The minimum atomic E-state index is 0.209. The highest BCUT2D eigenvalue weighted by molar-refractivity contribution is 5.85. The van der Waals surface area contributed by atoms with Crippen molar-refractivity contribution < 1.29 is 0 Å². The minimum absolute atomic E-state index is 0.209. The summed E-state index contributed by atoms with van der Waals surface area (Å²) in [6, 6.07) is 14.3. The molecule has 0 aliphatic heterocycles. The summed E-state index contributed by atoms with van der Waals surface area (Å²) in [5.74, 6) is 0.209. The Morgan fingerprint density at radius 2 is 1.79 bits per heavy atom. The molecule has 0 heterocycles. The molecule has 2 aromatic carbocycles.